The molecule has 20 heavy (non-hydrogen) atoms. The van der Waals surface area contributed by atoms with Crippen molar-refractivity contribution in [3.8, 4) is 0 Å². The molecule has 1 atom stereocenters. The summed E-state index contributed by atoms with van der Waals surface area (Å²) in [6.45, 7) is 8.40. The topological polar surface area (TPSA) is 34.8 Å². The Hall–Kier alpha value is -1.55. The Morgan fingerprint density at radius 2 is 2.10 bits per heavy atom. The Labute approximate surface area is 121 Å². The van der Waals surface area contributed by atoms with E-state index in [1.54, 1.807) is 0 Å². The van der Waals surface area contributed by atoms with E-state index in [0.717, 1.165) is 31.6 Å². The second kappa shape index (κ2) is 6.75. The highest BCUT2D eigenvalue weighted by Gasteiger charge is 2.10. The van der Waals surface area contributed by atoms with Crippen LogP contribution in [-0.2, 0) is 20.0 Å². The third-order valence-electron chi connectivity index (χ3n) is 3.77. The van der Waals surface area contributed by atoms with Crippen LogP contribution in [0.5, 0.6) is 0 Å². The molecule has 110 valence electrons. The summed E-state index contributed by atoms with van der Waals surface area (Å²) < 4.78 is 4.23. The molecule has 4 nitrogen and oxygen atoms in total. The molecule has 0 saturated heterocycles. The quantitative estimate of drug-likeness (QED) is 0.842. The summed E-state index contributed by atoms with van der Waals surface area (Å²) >= 11 is 0. The van der Waals surface area contributed by atoms with Crippen LogP contribution < -0.4 is 5.32 Å². The Morgan fingerprint density at radius 3 is 2.70 bits per heavy atom. The molecule has 2 rings (SSSR count). The molecular weight excluding hydrogens is 248 g/mol. The molecule has 0 saturated carbocycles. The van der Waals surface area contributed by atoms with Gasteiger partial charge in [0.05, 0.1) is 17.9 Å². The van der Waals surface area contributed by atoms with Gasteiger partial charge in [-0.1, -0.05) is 20.8 Å². The van der Waals surface area contributed by atoms with Crippen LogP contribution in [0, 0.1) is 0 Å². The van der Waals surface area contributed by atoms with Crippen molar-refractivity contribution >= 4 is 0 Å². The standard InChI is InChI=1S/C16H26N4/c1-5-14-10-15(19(4)18-14)12-20-9-8-13(11-20)16(6-2)17-7-3/h8-11,16-17H,5-7,12H2,1-4H3. The first-order valence-corrected chi connectivity index (χ1v) is 7.58. The SMILES string of the molecule is CCNC(CC)c1ccn(Cc2cc(CC)nn2C)c1. The second-order valence-electron chi connectivity index (χ2n) is 5.24. The van der Waals surface area contributed by atoms with E-state index < -0.39 is 0 Å². The van der Waals surface area contributed by atoms with E-state index in [0.29, 0.717) is 6.04 Å². The Balaban J connectivity index is 2.10. The van der Waals surface area contributed by atoms with Crippen LogP contribution >= 0.6 is 0 Å². The maximum Gasteiger partial charge on any atom is 0.0639 e. The number of aryl methyl sites for hydroxylation is 2. The zero-order valence-electron chi connectivity index (χ0n) is 13.1. The van der Waals surface area contributed by atoms with E-state index in [2.05, 4.69) is 60.3 Å². The van der Waals surface area contributed by atoms with Crippen molar-refractivity contribution in [2.75, 3.05) is 6.54 Å². The monoisotopic (exact) mass is 274 g/mol. The van der Waals surface area contributed by atoms with Crippen LogP contribution in [0.4, 0.5) is 0 Å². The summed E-state index contributed by atoms with van der Waals surface area (Å²) in [6.07, 6.45) is 6.51. The van der Waals surface area contributed by atoms with Crippen LogP contribution in [0.3, 0.4) is 0 Å². The van der Waals surface area contributed by atoms with Crippen molar-refractivity contribution in [3.63, 3.8) is 0 Å². The van der Waals surface area contributed by atoms with Crippen LogP contribution in [0.25, 0.3) is 0 Å². The summed E-state index contributed by atoms with van der Waals surface area (Å²) in [6, 6.07) is 4.87. The van der Waals surface area contributed by atoms with Crippen LogP contribution in [0.1, 0.15) is 50.2 Å². The van der Waals surface area contributed by atoms with E-state index in [-0.39, 0.29) is 0 Å². The molecule has 1 N–H and O–H groups in total. The van der Waals surface area contributed by atoms with Crippen LogP contribution in [0.2, 0.25) is 0 Å². The molecule has 0 aromatic carbocycles. The van der Waals surface area contributed by atoms with Crippen molar-refractivity contribution in [2.24, 2.45) is 7.05 Å². The van der Waals surface area contributed by atoms with Gasteiger partial charge in [0.15, 0.2) is 0 Å². The van der Waals surface area contributed by atoms with Gasteiger partial charge < -0.3 is 9.88 Å². The number of nitrogens with zero attached hydrogens (tertiary/aromatic N) is 3. The lowest BCUT2D eigenvalue weighted by molar-refractivity contribution is 0.536. The van der Waals surface area contributed by atoms with Gasteiger partial charge in [-0.3, -0.25) is 4.68 Å². The molecule has 0 aliphatic heterocycles. The first kappa shape index (κ1) is 14.9. The lowest BCUT2D eigenvalue weighted by atomic mass is 10.1. The highest BCUT2D eigenvalue weighted by Crippen LogP contribution is 2.17. The summed E-state index contributed by atoms with van der Waals surface area (Å²) in [5.41, 5.74) is 3.78. The second-order valence-corrected chi connectivity index (χ2v) is 5.24. The van der Waals surface area contributed by atoms with Gasteiger partial charge in [-0.2, -0.15) is 5.10 Å². The van der Waals surface area contributed by atoms with Gasteiger partial charge >= 0.3 is 0 Å². The lowest BCUT2D eigenvalue weighted by Gasteiger charge is -2.14. The molecule has 1 unspecified atom stereocenters. The Kier molecular flexibility index (Phi) is 5.01. The largest absolute Gasteiger partial charge is 0.348 e. The van der Waals surface area contributed by atoms with Gasteiger partial charge in [-0.15, -0.1) is 0 Å². The third-order valence-corrected chi connectivity index (χ3v) is 3.77. The molecule has 2 aromatic heterocycles. The highest BCUT2D eigenvalue weighted by atomic mass is 15.3. The average molecular weight is 274 g/mol. The zero-order chi connectivity index (χ0) is 14.5. The number of aromatic nitrogens is 3. The van der Waals surface area contributed by atoms with Gasteiger partial charge in [0.1, 0.15) is 0 Å². The first-order chi connectivity index (χ1) is 9.67. The van der Waals surface area contributed by atoms with Crippen molar-refractivity contribution < 1.29 is 0 Å². The van der Waals surface area contributed by atoms with E-state index >= 15 is 0 Å². The minimum Gasteiger partial charge on any atom is -0.348 e. The molecule has 0 fully saturated rings. The van der Waals surface area contributed by atoms with E-state index in [1.165, 1.54) is 11.3 Å². The van der Waals surface area contributed by atoms with Gasteiger partial charge in [-0.25, -0.2) is 0 Å². The predicted octanol–water partition coefficient (Wildman–Crippen LogP) is 2.89. The zero-order valence-corrected chi connectivity index (χ0v) is 13.1. The lowest BCUT2D eigenvalue weighted by Crippen LogP contribution is -2.19. The maximum atomic E-state index is 4.50. The number of nitrogens with one attached hydrogen (secondary N) is 1. The Morgan fingerprint density at radius 1 is 1.30 bits per heavy atom. The summed E-state index contributed by atoms with van der Waals surface area (Å²) in [5, 5.41) is 8.02. The van der Waals surface area contributed by atoms with Crippen molar-refractivity contribution in [1.29, 1.82) is 0 Å². The van der Waals surface area contributed by atoms with Crippen LogP contribution in [0.15, 0.2) is 24.5 Å². The molecule has 4 heteroatoms. The van der Waals surface area contributed by atoms with Crippen molar-refractivity contribution in [2.45, 2.75) is 46.2 Å². The summed E-state index contributed by atoms with van der Waals surface area (Å²) in [7, 11) is 2.02. The fraction of sp³-hybridized carbons (Fsp3) is 0.562. The predicted molar refractivity (Wildman–Crippen MR) is 82.8 cm³/mol. The molecule has 0 bridgehead atoms. The fourth-order valence-electron chi connectivity index (χ4n) is 2.59. The Bertz CT molecular complexity index is 538. The first-order valence-electron chi connectivity index (χ1n) is 7.58. The molecule has 0 radical (unpaired) electrons. The maximum absolute atomic E-state index is 4.50. The van der Waals surface area contributed by atoms with Gasteiger partial charge in [0.25, 0.3) is 0 Å². The molecular formula is C16H26N4. The molecule has 2 heterocycles. The number of hydrogen-bond donors (Lipinski definition) is 1. The minimum absolute atomic E-state index is 0.457. The number of hydrogen-bond acceptors (Lipinski definition) is 2. The number of rotatable bonds is 7. The molecule has 2 aromatic rings. The minimum atomic E-state index is 0.457. The van der Waals surface area contributed by atoms with E-state index in [4.69, 9.17) is 0 Å². The highest BCUT2D eigenvalue weighted by molar-refractivity contribution is 5.17. The van der Waals surface area contributed by atoms with E-state index in [1.807, 2.05) is 11.7 Å². The average Bonchev–Trinajstić information content (AvgIpc) is 3.04. The smallest absolute Gasteiger partial charge is 0.0639 e. The molecule has 0 aliphatic rings. The summed E-state index contributed by atoms with van der Waals surface area (Å²) in [4.78, 5) is 0. The van der Waals surface area contributed by atoms with Gasteiger partial charge in [0, 0.05) is 25.5 Å². The van der Waals surface area contributed by atoms with E-state index in [9.17, 15) is 0 Å². The third kappa shape index (κ3) is 3.31. The van der Waals surface area contributed by atoms with Crippen molar-refractivity contribution in [1.82, 2.24) is 19.7 Å². The van der Waals surface area contributed by atoms with Crippen LogP contribution in [-0.4, -0.2) is 20.9 Å². The normalized spacial score (nSPS) is 12.8. The summed E-state index contributed by atoms with van der Waals surface area (Å²) in [5.74, 6) is 0. The molecule has 0 aliphatic carbocycles. The fourth-order valence-corrected chi connectivity index (χ4v) is 2.59. The van der Waals surface area contributed by atoms with Gasteiger partial charge in [-0.05, 0) is 37.1 Å². The van der Waals surface area contributed by atoms with Crippen molar-refractivity contribution in [3.05, 3.63) is 41.5 Å². The van der Waals surface area contributed by atoms with Gasteiger partial charge in [0.2, 0.25) is 0 Å². The molecule has 0 amide bonds. The molecule has 0 spiro atoms.